The van der Waals surface area contributed by atoms with Crippen LogP contribution in [0.5, 0.6) is 0 Å². The maximum atomic E-state index is 12.6. The zero-order valence-corrected chi connectivity index (χ0v) is 19.6. The van der Waals surface area contributed by atoms with Crippen molar-refractivity contribution in [1.82, 2.24) is 10.6 Å². The lowest BCUT2D eigenvalue weighted by Gasteiger charge is -2.35. The number of benzene rings is 2. The lowest BCUT2D eigenvalue weighted by atomic mass is 9.74. The molecule has 1 unspecified atom stereocenters. The molecular formula is C28H30N2O5. The van der Waals surface area contributed by atoms with Crippen molar-refractivity contribution in [3.05, 3.63) is 59.7 Å². The van der Waals surface area contributed by atoms with Gasteiger partial charge in [0.05, 0.1) is 5.41 Å². The molecule has 0 aliphatic heterocycles. The van der Waals surface area contributed by atoms with Crippen molar-refractivity contribution < 1.29 is 24.2 Å². The first-order chi connectivity index (χ1) is 16.9. The van der Waals surface area contributed by atoms with Crippen LogP contribution < -0.4 is 10.6 Å². The second kappa shape index (κ2) is 8.11. The molecule has 2 aromatic carbocycles. The number of carbonyl (C=O) groups excluding carboxylic acids is 2. The molecule has 4 aliphatic rings. The maximum Gasteiger partial charge on any atom is 0.407 e. The Morgan fingerprint density at radius 2 is 1.60 bits per heavy atom. The van der Waals surface area contributed by atoms with Crippen molar-refractivity contribution in [3.8, 4) is 11.1 Å². The van der Waals surface area contributed by atoms with Gasteiger partial charge in [-0.3, -0.25) is 9.59 Å². The van der Waals surface area contributed by atoms with E-state index < -0.39 is 17.5 Å². The molecule has 3 N–H and O–H groups in total. The first kappa shape index (κ1) is 22.1. The Kier molecular flexibility index (Phi) is 5.13. The molecule has 182 valence electrons. The Balaban J connectivity index is 0.968. The Labute approximate surface area is 204 Å². The number of aliphatic carboxylic acids is 1. The third-order valence-electron chi connectivity index (χ3n) is 8.99. The van der Waals surface area contributed by atoms with Crippen LogP contribution in [0.1, 0.15) is 55.6 Å². The summed E-state index contributed by atoms with van der Waals surface area (Å²) in [5.41, 5.74) is 3.84. The van der Waals surface area contributed by atoms with Gasteiger partial charge >= 0.3 is 12.1 Å². The lowest BCUT2D eigenvalue weighted by Crippen LogP contribution is -2.51. The highest BCUT2D eigenvalue weighted by atomic mass is 16.5. The van der Waals surface area contributed by atoms with Crippen LogP contribution in [0, 0.1) is 16.7 Å². The van der Waals surface area contributed by atoms with Crippen LogP contribution in [-0.2, 0) is 14.3 Å². The van der Waals surface area contributed by atoms with E-state index in [1.165, 1.54) is 22.3 Å². The molecule has 0 aromatic heterocycles. The summed E-state index contributed by atoms with van der Waals surface area (Å²) in [7, 11) is 0. The first-order valence-electron chi connectivity index (χ1n) is 12.6. The lowest BCUT2D eigenvalue weighted by molar-refractivity contribution is -0.146. The second-order valence-electron chi connectivity index (χ2n) is 10.8. The number of rotatable bonds is 7. The van der Waals surface area contributed by atoms with Crippen LogP contribution in [0.25, 0.3) is 11.1 Å². The normalized spacial score (nSPS) is 27.1. The van der Waals surface area contributed by atoms with E-state index in [4.69, 9.17) is 4.74 Å². The zero-order valence-electron chi connectivity index (χ0n) is 19.6. The van der Waals surface area contributed by atoms with Gasteiger partial charge in [0.15, 0.2) is 0 Å². The van der Waals surface area contributed by atoms with Gasteiger partial charge in [0, 0.05) is 24.4 Å². The predicted molar refractivity (Wildman–Crippen MR) is 129 cm³/mol. The fraction of sp³-hybridized carbons (Fsp3) is 0.464. The van der Waals surface area contributed by atoms with Crippen molar-refractivity contribution in [1.29, 1.82) is 0 Å². The van der Waals surface area contributed by atoms with E-state index in [2.05, 4.69) is 34.9 Å². The molecule has 7 nitrogen and oxygen atoms in total. The number of fused-ring (bicyclic) bond motifs is 3. The number of hydrogen-bond acceptors (Lipinski definition) is 4. The number of carboxylic acids is 1. The zero-order chi connectivity index (χ0) is 24.2. The minimum absolute atomic E-state index is 0.0102. The van der Waals surface area contributed by atoms with Crippen molar-refractivity contribution in [2.24, 2.45) is 16.7 Å². The number of hydrogen-bond donors (Lipinski definition) is 3. The number of amides is 2. The van der Waals surface area contributed by atoms with Gasteiger partial charge in [0.25, 0.3) is 0 Å². The van der Waals surface area contributed by atoms with E-state index in [1.54, 1.807) is 0 Å². The maximum absolute atomic E-state index is 12.6. The summed E-state index contributed by atoms with van der Waals surface area (Å²) in [5.74, 6) is -1.09. The molecule has 6 rings (SSSR count). The Morgan fingerprint density at radius 1 is 0.971 bits per heavy atom. The van der Waals surface area contributed by atoms with Gasteiger partial charge in [0.2, 0.25) is 5.91 Å². The summed E-state index contributed by atoms with van der Waals surface area (Å²) in [6, 6.07) is 16.3. The van der Waals surface area contributed by atoms with E-state index in [1.807, 2.05) is 24.3 Å². The van der Waals surface area contributed by atoms with E-state index >= 15 is 0 Å². The highest BCUT2D eigenvalue weighted by molar-refractivity contribution is 5.84. The summed E-state index contributed by atoms with van der Waals surface area (Å²) in [5, 5.41) is 15.4. The smallest absolute Gasteiger partial charge is 0.407 e. The molecule has 0 heterocycles. The topological polar surface area (TPSA) is 105 Å². The Bertz CT molecular complexity index is 1150. The van der Waals surface area contributed by atoms with Crippen molar-refractivity contribution in [2.45, 2.75) is 50.5 Å². The number of nitrogens with one attached hydrogen (secondary N) is 2. The third-order valence-corrected chi connectivity index (χ3v) is 8.99. The first-order valence-corrected chi connectivity index (χ1v) is 12.6. The van der Waals surface area contributed by atoms with Crippen molar-refractivity contribution in [2.75, 3.05) is 13.2 Å². The largest absolute Gasteiger partial charge is 0.481 e. The molecule has 4 aliphatic carbocycles. The quantitative estimate of drug-likeness (QED) is 0.561. The van der Waals surface area contributed by atoms with Crippen LogP contribution in [0.3, 0.4) is 0 Å². The number of carbonyl (C=O) groups is 3. The highest BCUT2D eigenvalue weighted by Crippen LogP contribution is 2.73. The number of carboxylic acid groups (broad SMARTS) is 1. The van der Waals surface area contributed by atoms with Gasteiger partial charge in [-0.15, -0.1) is 0 Å². The molecule has 35 heavy (non-hydrogen) atoms. The van der Waals surface area contributed by atoms with E-state index in [-0.39, 0.29) is 42.4 Å². The van der Waals surface area contributed by atoms with E-state index in [0.29, 0.717) is 19.3 Å². The Hall–Kier alpha value is -3.35. The molecule has 2 aromatic rings. The van der Waals surface area contributed by atoms with Gasteiger partial charge < -0.3 is 20.5 Å². The van der Waals surface area contributed by atoms with E-state index in [0.717, 1.165) is 19.3 Å². The number of ether oxygens (including phenoxy) is 1. The van der Waals surface area contributed by atoms with Gasteiger partial charge in [-0.05, 0) is 59.8 Å². The molecule has 0 radical (unpaired) electrons. The standard InChI is InChI=1S/C28H30N2O5/c31-24(29-16-28(25(32)33)15-27(28)10-5-11-27)17-12-18(13-17)30-26(34)35-14-23-21-8-3-1-6-19(21)20-7-2-4-9-22(20)23/h1-4,6-9,17-18,23H,5,10-16H2,(H,29,31)(H,30,34)(H,32,33). The molecule has 2 amide bonds. The summed E-state index contributed by atoms with van der Waals surface area (Å²) >= 11 is 0. The molecule has 1 spiro atoms. The van der Waals surface area contributed by atoms with Gasteiger partial charge in [-0.2, -0.15) is 0 Å². The van der Waals surface area contributed by atoms with Crippen LogP contribution in [0.4, 0.5) is 4.79 Å². The summed E-state index contributed by atoms with van der Waals surface area (Å²) < 4.78 is 5.59. The molecule has 1 atom stereocenters. The van der Waals surface area contributed by atoms with Crippen LogP contribution in [0.15, 0.2) is 48.5 Å². The predicted octanol–water partition coefficient (Wildman–Crippen LogP) is 4.06. The summed E-state index contributed by atoms with van der Waals surface area (Å²) in [6.07, 6.45) is 4.27. The summed E-state index contributed by atoms with van der Waals surface area (Å²) in [4.78, 5) is 36.8. The second-order valence-corrected chi connectivity index (χ2v) is 10.8. The molecule has 3 saturated carbocycles. The molecule has 0 bridgehead atoms. The average Bonchev–Trinajstić information content (AvgIpc) is 3.43. The minimum atomic E-state index is -0.791. The minimum Gasteiger partial charge on any atom is -0.481 e. The highest BCUT2D eigenvalue weighted by Gasteiger charge is 2.73. The number of alkyl carbamates (subject to hydrolysis) is 1. The van der Waals surface area contributed by atoms with Gasteiger partial charge in [-0.25, -0.2) is 4.79 Å². The van der Waals surface area contributed by atoms with Crippen LogP contribution in [-0.4, -0.2) is 42.3 Å². The fourth-order valence-electron chi connectivity index (χ4n) is 6.56. The monoisotopic (exact) mass is 474 g/mol. The van der Waals surface area contributed by atoms with Crippen LogP contribution in [0.2, 0.25) is 0 Å². The van der Waals surface area contributed by atoms with Crippen molar-refractivity contribution >= 4 is 18.0 Å². The van der Waals surface area contributed by atoms with E-state index in [9.17, 15) is 19.5 Å². The Morgan fingerprint density at radius 3 is 2.14 bits per heavy atom. The molecule has 7 heteroatoms. The fourth-order valence-corrected chi connectivity index (χ4v) is 6.56. The average molecular weight is 475 g/mol. The molecule has 0 saturated heterocycles. The van der Waals surface area contributed by atoms with Crippen molar-refractivity contribution in [3.63, 3.8) is 0 Å². The third kappa shape index (κ3) is 3.51. The SMILES string of the molecule is O=C(NC1CC(C(=O)NCC2(C(=O)O)CC23CCC3)C1)OCC1c2ccccc2-c2ccccc21. The van der Waals surface area contributed by atoms with Crippen LogP contribution >= 0.6 is 0 Å². The molecule has 3 fully saturated rings. The summed E-state index contributed by atoms with van der Waals surface area (Å²) in [6.45, 7) is 0.470. The molecular weight excluding hydrogens is 444 g/mol. The van der Waals surface area contributed by atoms with Gasteiger partial charge in [-0.1, -0.05) is 55.0 Å². The van der Waals surface area contributed by atoms with Gasteiger partial charge in [0.1, 0.15) is 6.61 Å².